The van der Waals surface area contributed by atoms with Crippen LogP contribution in [-0.4, -0.2) is 37.5 Å². The molecule has 1 aromatic heterocycles. The van der Waals surface area contributed by atoms with Gasteiger partial charge in [-0.15, -0.1) is 0 Å². The third kappa shape index (κ3) is 2.19. The molecule has 0 spiro atoms. The van der Waals surface area contributed by atoms with E-state index < -0.39 is 23.3 Å². The second kappa shape index (κ2) is 3.91. The van der Waals surface area contributed by atoms with Gasteiger partial charge in [0, 0.05) is 0 Å². The molecular weight excluding hydrogens is 204 g/mol. The molecule has 1 aromatic rings. The van der Waals surface area contributed by atoms with Crippen molar-refractivity contribution in [1.29, 1.82) is 0 Å². The van der Waals surface area contributed by atoms with Gasteiger partial charge >= 0.3 is 11.9 Å². The molecule has 0 radical (unpaired) electrons. The number of nitrogens with zero attached hydrogens (tertiary/aromatic N) is 2. The second-order valence-corrected chi connectivity index (χ2v) is 2.88. The van der Waals surface area contributed by atoms with Gasteiger partial charge in [-0.2, -0.15) is 0 Å². The smallest absolute Gasteiger partial charge is 0.357 e. The maximum Gasteiger partial charge on any atom is 0.357 e. The Balaban J connectivity index is 3.24. The van der Waals surface area contributed by atoms with Crippen molar-refractivity contribution < 1.29 is 24.6 Å². The summed E-state index contributed by atoms with van der Waals surface area (Å²) in [4.78, 5) is 35.6. The predicted molar refractivity (Wildman–Crippen MR) is 46.8 cm³/mol. The molecule has 0 saturated carbocycles. The highest BCUT2D eigenvalue weighted by Gasteiger charge is 2.23. The first-order chi connectivity index (χ1) is 6.93. The molecule has 7 nitrogen and oxygen atoms in total. The van der Waals surface area contributed by atoms with Crippen molar-refractivity contribution >= 4 is 17.7 Å². The molecule has 0 atom stereocenters. The summed E-state index contributed by atoms with van der Waals surface area (Å²) in [5.74, 6) is -3.15. The van der Waals surface area contributed by atoms with Gasteiger partial charge in [-0.05, 0) is 6.92 Å². The number of carboxylic acid groups (broad SMARTS) is 2. The average molecular weight is 212 g/mol. The third-order valence-corrected chi connectivity index (χ3v) is 1.64. The average Bonchev–Trinajstić information content (AvgIpc) is 2.46. The highest BCUT2D eigenvalue weighted by atomic mass is 16.4. The van der Waals surface area contributed by atoms with Gasteiger partial charge in [0.1, 0.15) is 5.78 Å². The minimum Gasteiger partial charge on any atom is -0.476 e. The lowest BCUT2D eigenvalue weighted by molar-refractivity contribution is -0.117. The molecule has 0 aliphatic heterocycles. The number of rotatable bonds is 4. The normalized spacial score (nSPS) is 9.93. The molecule has 1 rings (SSSR count). The molecule has 0 aromatic carbocycles. The Morgan fingerprint density at radius 2 is 1.93 bits per heavy atom. The Bertz CT molecular complexity index is 434. The van der Waals surface area contributed by atoms with Gasteiger partial charge in [0.05, 0.1) is 12.9 Å². The number of Topliss-reactive ketones (excluding diaryl/α,β-unsaturated/α-hetero) is 1. The lowest BCUT2D eigenvalue weighted by Crippen LogP contribution is -2.15. The predicted octanol–water partition coefficient (Wildman–Crippen LogP) is -0.132. The fourth-order valence-electron chi connectivity index (χ4n) is 1.12. The van der Waals surface area contributed by atoms with Crippen molar-refractivity contribution in [3.8, 4) is 0 Å². The van der Waals surface area contributed by atoms with E-state index in [2.05, 4.69) is 4.98 Å². The SMILES string of the molecule is CC(=O)Cn1cnc(C(=O)O)c1C(=O)O. The first kappa shape index (κ1) is 10.9. The van der Waals surface area contributed by atoms with Crippen LogP contribution in [-0.2, 0) is 11.3 Å². The standard InChI is InChI=1S/C8H8N2O5/c1-4(11)2-10-3-9-5(7(12)13)6(10)8(14)15/h3H,2H2,1H3,(H,12,13)(H,14,15). The van der Waals surface area contributed by atoms with E-state index in [0.717, 1.165) is 10.9 Å². The van der Waals surface area contributed by atoms with E-state index >= 15 is 0 Å². The number of hydrogen-bond donors (Lipinski definition) is 2. The quantitative estimate of drug-likeness (QED) is 0.719. The van der Waals surface area contributed by atoms with Gasteiger partial charge in [-0.1, -0.05) is 0 Å². The van der Waals surface area contributed by atoms with Gasteiger partial charge in [-0.3, -0.25) is 4.79 Å². The number of aromatic nitrogens is 2. The summed E-state index contributed by atoms with van der Waals surface area (Å²) in [6.07, 6.45) is 1.02. The molecular formula is C8H8N2O5. The van der Waals surface area contributed by atoms with Crippen LogP contribution in [0.3, 0.4) is 0 Å². The maximum atomic E-state index is 10.8. The van der Waals surface area contributed by atoms with Crippen LogP contribution in [0, 0.1) is 0 Å². The van der Waals surface area contributed by atoms with Gasteiger partial charge in [0.15, 0.2) is 11.4 Å². The van der Waals surface area contributed by atoms with E-state index in [-0.39, 0.29) is 12.3 Å². The third-order valence-electron chi connectivity index (χ3n) is 1.64. The van der Waals surface area contributed by atoms with Crippen LogP contribution in [0.1, 0.15) is 27.9 Å². The monoisotopic (exact) mass is 212 g/mol. The number of aromatic carboxylic acids is 2. The van der Waals surface area contributed by atoms with E-state index in [1.807, 2.05) is 0 Å². The summed E-state index contributed by atoms with van der Waals surface area (Å²) in [6, 6.07) is 0. The molecule has 0 aliphatic carbocycles. The Labute approximate surface area is 84.0 Å². The number of carbonyl (C=O) groups is 3. The maximum absolute atomic E-state index is 10.8. The first-order valence-corrected chi connectivity index (χ1v) is 3.94. The van der Waals surface area contributed by atoms with E-state index in [0.29, 0.717) is 0 Å². The molecule has 1 heterocycles. The van der Waals surface area contributed by atoms with Crippen LogP contribution in [0.2, 0.25) is 0 Å². The van der Waals surface area contributed by atoms with E-state index in [9.17, 15) is 14.4 Å². The van der Waals surface area contributed by atoms with Crippen molar-refractivity contribution in [2.75, 3.05) is 0 Å². The highest BCUT2D eigenvalue weighted by molar-refractivity contribution is 5.99. The Morgan fingerprint density at radius 1 is 1.33 bits per heavy atom. The van der Waals surface area contributed by atoms with Crippen LogP contribution >= 0.6 is 0 Å². The van der Waals surface area contributed by atoms with Crippen molar-refractivity contribution in [3.63, 3.8) is 0 Å². The zero-order chi connectivity index (χ0) is 11.6. The molecule has 0 amide bonds. The summed E-state index contributed by atoms with van der Waals surface area (Å²) in [5, 5.41) is 17.4. The van der Waals surface area contributed by atoms with Crippen molar-refractivity contribution in [1.82, 2.24) is 9.55 Å². The fraction of sp³-hybridized carbons (Fsp3) is 0.250. The minimum atomic E-state index is -1.44. The van der Waals surface area contributed by atoms with Crippen molar-refractivity contribution in [2.24, 2.45) is 0 Å². The van der Waals surface area contributed by atoms with Crippen molar-refractivity contribution in [3.05, 3.63) is 17.7 Å². The van der Waals surface area contributed by atoms with Crippen LogP contribution in [0.25, 0.3) is 0 Å². The van der Waals surface area contributed by atoms with Crippen LogP contribution in [0.4, 0.5) is 0 Å². The highest BCUT2D eigenvalue weighted by Crippen LogP contribution is 2.08. The summed E-state index contributed by atoms with van der Waals surface area (Å²) in [7, 11) is 0. The summed E-state index contributed by atoms with van der Waals surface area (Å²) < 4.78 is 0.994. The van der Waals surface area contributed by atoms with Gasteiger partial charge in [-0.25, -0.2) is 14.6 Å². The Hall–Kier alpha value is -2.18. The first-order valence-electron chi connectivity index (χ1n) is 3.94. The van der Waals surface area contributed by atoms with Crippen LogP contribution in [0.15, 0.2) is 6.33 Å². The Kier molecular flexibility index (Phi) is 2.84. The number of carbonyl (C=O) groups excluding carboxylic acids is 1. The molecule has 15 heavy (non-hydrogen) atoms. The lowest BCUT2D eigenvalue weighted by Gasteiger charge is -2.01. The summed E-state index contributed by atoms with van der Waals surface area (Å²) in [6.45, 7) is 1.06. The number of ketones is 1. The fourth-order valence-corrected chi connectivity index (χ4v) is 1.12. The van der Waals surface area contributed by atoms with E-state index in [4.69, 9.17) is 10.2 Å². The van der Waals surface area contributed by atoms with E-state index in [1.165, 1.54) is 6.92 Å². The van der Waals surface area contributed by atoms with Crippen molar-refractivity contribution in [2.45, 2.75) is 13.5 Å². The van der Waals surface area contributed by atoms with Gasteiger partial charge in [0.2, 0.25) is 0 Å². The largest absolute Gasteiger partial charge is 0.476 e. The number of carboxylic acids is 2. The van der Waals surface area contributed by atoms with Gasteiger partial charge < -0.3 is 14.8 Å². The molecule has 7 heteroatoms. The number of hydrogen-bond acceptors (Lipinski definition) is 4. The molecule has 0 unspecified atom stereocenters. The zero-order valence-electron chi connectivity index (χ0n) is 7.80. The van der Waals surface area contributed by atoms with E-state index in [1.54, 1.807) is 0 Å². The molecule has 0 aliphatic rings. The van der Waals surface area contributed by atoms with Crippen LogP contribution < -0.4 is 0 Å². The van der Waals surface area contributed by atoms with Gasteiger partial charge in [0.25, 0.3) is 0 Å². The molecule has 80 valence electrons. The molecule has 0 fully saturated rings. The zero-order valence-corrected chi connectivity index (χ0v) is 7.80. The topological polar surface area (TPSA) is 109 Å². The second-order valence-electron chi connectivity index (χ2n) is 2.88. The Morgan fingerprint density at radius 3 is 2.33 bits per heavy atom. The number of imidazole rings is 1. The van der Waals surface area contributed by atoms with Crippen LogP contribution in [0.5, 0.6) is 0 Å². The molecule has 0 saturated heterocycles. The lowest BCUT2D eigenvalue weighted by atomic mass is 10.3. The summed E-state index contributed by atoms with van der Waals surface area (Å²) >= 11 is 0. The minimum absolute atomic E-state index is 0.206. The molecule has 0 bridgehead atoms. The summed E-state index contributed by atoms with van der Waals surface area (Å²) in [5.41, 5.74) is -1.05. The molecule has 2 N–H and O–H groups in total.